The predicted molar refractivity (Wildman–Crippen MR) is 69.5 cm³/mol. The van der Waals surface area contributed by atoms with Crippen LogP contribution in [-0.2, 0) is 4.74 Å². The van der Waals surface area contributed by atoms with Crippen molar-refractivity contribution >= 4 is 27.3 Å². The van der Waals surface area contributed by atoms with Crippen molar-refractivity contribution < 1.29 is 4.74 Å². The first-order chi connectivity index (χ1) is 7.09. The van der Waals surface area contributed by atoms with Crippen LogP contribution in [0.2, 0.25) is 0 Å². The van der Waals surface area contributed by atoms with Gasteiger partial charge in [-0.1, -0.05) is 0 Å². The molecule has 2 nitrogen and oxygen atoms in total. The molecule has 15 heavy (non-hydrogen) atoms. The molecule has 86 valence electrons. The van der Waals surface area contributed by atoms with Gasteiger partial charge in [0.25, 0.3) is 0 Å². The molecule has 1 aromatic heterocycles. The summed E-state index contributed by atoms with van der Waals surface area (Å²) in [5.74, 6) is 0. The smallest absolute Gasteiger partial charge is 0.0594 e. The van der Waals surface area contributed by atoms with E-state index in [-0.39, 0.29) is 0 Å². The van der Waals surface area contributed by atoms with Gasteiger partial charge in [0.1, 0.15) is 0 Å². The molecule has 0 aliphatic heterocycles. The average molecular weight is 292 g/mol. The first-order valence-corrected chi connectivity index (χ1v) is 6.85. The number of thiophene rings is 1. The van der Waals surface area contributed by atoms with Gasteiger partial charge in [-0.15, -0.1) is 11.3 Å². The lowest BCUT2D eigenvalue weighted by Gasteiger charge is -2.13. The SMILES string of the molecule is CC(C)OCCNC(C)c1cc(Br)cs1. The Hall–Kier alpha value is 0.1000. The minimum absolute atomic E-state index is 0.318. The van der Waals surface area contributed by atoms with Crippen molar-refractivity contribution in [2.75, 3.05) is 13.2 Å². The summed E-state index contributed by atoms with van der Waals surface area (Å²) in [6.45, 7) is 7.96. The van der Waals surface area contributed by atoms with Crippen LogP contribution in [0.3, 0.4) is 0 Å². The topological polar surface area (TPSA) is 21.3 Å². The van der Waals surface area contributed by atoms with Gasteiger partial charge >= 0.3 is 0 Å². The lowest BCUT2D eigenvalue weighted by atomic mass is 10.3. The molecule has 0 saturated heterocycles. The molecule has 0 aliphatic carbocycles. The van der Waals surface area contributed by atoms with Gasteiger partial charge in [-0.3, -0.25) is 0 Å². The Morgan fingerprint density at radius 1 is 1.47 bits per heavy atom. The zero-order chi connectivity index (χ0) is 11.3. The fourth-order valence-electron chi connectivity index (χ4n) is 1.23. The maximum Gasteiger partial charge on any atom is 0.0594 e. The van der Waals surface area contributed by atoms with Crippen molar-refractivity contribution in [3.8, 4) is 0 Å². The van der Waals surface area contributed by atoms with Crippen LogP contribution >= 0.6 is 27.3 Å². The van der Waals surface area contributed by atoms with E-state index in [1.165, 1.54) is 4.88 Å². The van der Waals surface area contributed by atoms with Crippen LogP contribution in [0.25, 0.3) is 0 Å². The average Bonchev–Trinajstić information content (AvgIpc) is 2.59. The van der Waals surface area contributed by atoms with Crippen LogP contribution in [-0.4, -0.2) is 19.3 Å². The summed E-state index contributed by atoms with van der Waals surface area (Å²) >= 11 is 5.23. The fraction of sp³-hybridized carbons (Fsp3) is 0.636. The minimum atomic E-state index is 0.318. The van der Waals surface area contributed by atoms with Gasteiger partial charge in [0.05, 0.1) is 12.7 Å². The van der Waals surface area contributed by atoms with Crippen LogP contribution in [0.4, 0.5) is 0 Å². The number of nitrogens with one attached hydrogen (secondary N) is 1. The molecule has 0 bridgehead atoms. The van der Waals surface area contributed by atoms with Crippen molar-refractivity contribution in [3.63, 3.8) is 0 Å². The molecule has 0 saturated carbocycles. The molecular formula is C11H18BrNOS. The minimum Gasteiger partial charge on any atom is -0.377 e. The fourth-order valence-corrected chi connectivity index (χ4v) is 2.70. The molecule has 0 spiro atoms. The highest BCUT2D eigenvalue weighted by atomic mass is 79.9. The normalized spacial score (nSPS) is 13.4. The summed E-state index contributed by atoms with van der Waals surface area (Å²) in [4.78, 5) is 1.35. The van der Waals surface area contributed by atoms with Crippen LogP contribution in [0.5, 0.6) is 0 Å². The summed E-state index contributed by atoms with van der Waals surface area (Å²) in [6.07, 6.45) is 0.318. The van der Waals surface area contributed by atoms with Gasteiger partial charge in [0, 0.05) is 27.3 Å². The number of halogens is 1. The largest absolute Gasteiger partial charge is 0.377 e. The zero-order valence-corrected chi connectivity index (χ0v) is 11.8. The van der Waals surface area contributed by atoms with Crippen LogP contribution in [0.1, 0.15) is 31.7 Å². The van der Waals surface area contributed by atoms with E-state index in [2.05, 4.69) is 53.5 Å². The maximum absolute atomic E-state index is 5.46. The Morgan fingerprint density at radius 2 is 2.20 bits per heavy atom. The quantitative estimate of drug-likeness (QED) is 0.809. The molecule has 1 unspecified atom stereocenters. The van der Waals surface area contributed by atoms with Crippen LogP contribution < -0.4 is 5.32 Å². The van der Waals surface area contributed by atoms with Crippen molar-refractivity contribution in [2.45, 2.75) is 32.9 Å². The van der Waals surface area contributed by atoms with Gasteiger partial charge in [-0.25, -0.2) is 0 Å². The van der Waals surface area contributed by atoms with E-state index < -0.39 is 0 Å². The van der Waals surface area contributed by atoms with Gasteiger partial charge in [0.2, 0.25) is 0 Å². The van der Waals surface area contributed by atoms with Crippen LogP contribution in [0, 0.1) is 0 Å². The third-order valence-corrected chi connectivity index (χ3v) is 3.89. The Balaban J connectivity index is 2.21. The molecule has 1 rings (SSSR count). The Morgan fingerprint density at radius 3 is 2.73 bits per heavy atom. The Labute approximate surface area is 104 Å². The monoisotopic (exact) mass is 291 g/mol. The number of rotatable bonds is 6. The molecule has 4 heteroatoms. The first kappa shape index (κ1) is 13.2. The second kappa shape index (κ2) is 6.63. The van der Waals surface area contributed by atoms with E-state index in [9.17, 15) is 0 Å². The predicted octanol–water partition coefficient (Wildman–Crippen LogP) is 3.59. The molecule has 0 fully saturated rings. The lowest BCUT2D eigenvalue weighted by molar-refractivity contribution is 0.0797. The van der Waals surface area contributed by atoms with Crippen molar-refractivity contribution in [1.82, 2.24) is 5.32 Å². The standard InChI is InChI=1S/C11H18BrNOS/c1-8(2)14-5-4-13-9(3)11-6-10(12)7-15-11/h6-9,13H,4-5H2,1-3H3. The Kier molecular flexibility index (Phi) is 5.82. The molecule has 0 radical (unpaired) electrons. The van der Waals surface area contributed by atoms with Gasteiger partial charge in [-0.2, -0.15) is 0 Å². The van der Waals surface area contributed by atoms with Gasteiger partial charge in [-0.05, 0) is 42.8 Å². The zero-order valence-electron chi connectivity index (χ0n) is 9.42. The molecule has 1 N–H and O–H groups in total. The van der Waals surface area contributed by atoms with Gasteiger partial charge < -0.3 is 10.1 Å². The van der Waals surface area contributed by atoms with Crippen molar-refractivity contribution in [3.05, 3.63) is 20.8 Å². The first-order valence-electron chi connectivity index (χ1n) is 5.18. The summed E-state index contributed by atoms with van der Waals surface area (Å²) in [7, 11) is 0. The number of ether oxygens (including phenoxy) is 1. The Bertz CT molecular complexity index is 288. The highest BCUT2D eigenvalue weighted by Gasteiger charge is 2.06. The number of hydrogen-bond donors (Lipinski definition) is 1. The highest BCUT2D eigenvalue weighted by Crippen LogP contribution is 2.24. The molecule has 0 aliphatic rings. The van der Waals surface area contributed by atoms with E-state index in [1.54, 1.807) is 11.3 Å². The van der Waals surface area contributed by atoms with Crippen molar-refractivity contribution in [2.24, 2.45) is 0 Å². The number of hydrogen-bond acceptors (Lipinski definition) is 3. The molecule has 1 atom stereocenters. The van der Waals surface area contributed by atoms with E-state index in [1.807, 2.05) is 0 Å². The summed E-state index contributed by atoms with van der Waals surface area (Å²) in [6, 6.07) is 2.56. The van der Waals surface area contributed by atoms with Crippen molar-refractivity contribution in [1.29, 1.82) is 0 Å². The third-order valence-electron chi connectivity index (χ3n) is 2.02. The molecule has 1 heterocycles. The van der Waals surface area contributed by atoms with E-state index in [0.717, 1.165) is 17.6 Å². The molecular weight excluding hydrogens is 274 g/mol. The summed E-state index contributed by atoms with van der Waals surface area (Å²) in [5.41, 5.74) is 0. The van der Waals surface area contributed by atoms with Gasteiger partial charge in [0.15, 0.2) is 0 Å². The molecule has 1 aromatic rings. The second-order valence-electron chi connectivity index (χ2n) is 3.76. The third kappa shape index (κ3) is 5.11. The van der Waals surface area contributed by atoms with E-state index in [4.69, 9.17) is 4.74 Å². The molecule has 0 amide bonds. The molecule has 0 aromatic carbocycles. The van der Waals surface area contributed by atoms with E-state index >= 15 is 0 Å². The highest BCUT2D eigenvalue weighted by molar-refractivity contribution is 9.10. The maximum atomic E-state index is 5.46. The summed E-state index contributed by atoms with van der Waals surface area (Å²) < 4.78 is 6.63. The van der Waals surface area contributed by atoms with Crippen LogP contribution in [0.15, 0.2) is 15.9 Å². The summed E-state index contributed by atoms with van der Waals surface area (Å²) in [5, 5.41) is 5.54. The second-order valence-corrected chi connectivity index (χ2v) is 5.62. The van der Waals surface area contributed by atoms with E-state index in [0.29, 0.717) is 12.1 Å². The lowest BCUT2D eigenvalue weighted by Crippen LogP contribution is -2.23.